The molecule has 0 saturated carbocycles. The van der Waals surface area contributed by atoms with Gasteiger partial charge in [-0.15, -0.1) is 0 Å². The molecular weight excluding hydrogens is 274 g/mol. The minimum Gasteiger partial charge on any atom is -0.465 e. The van der Waals surface area contributed by atoms with E-state index in [0.29, 0.717) is 15.9 Å². The van der Waals surface area contributed by atoms with Crippen molar-refractivity contribution in [2.45, 2.75) is 0 Å². The first kappa shape index (κ1) is 12.6. The second kappa shape index (κ2) is 5.60. The van der Waals surface area contributed by atoms with Crippen LogP contribution in [-0.4, -0.2) is 43.4 Å². The van der Waals surface area contributed by atoms with Crippen LogP contribution < -0.4 is 0 Å². The first-order chi connectivity index (χ1) is 7.54. The molecule has 0 N–H and O–H groups in total. The SMILES string of the molecule is COC(=O)c1cc(Br)cnc1/N=C/N(C)C. The van der Waals surface area contributed by atoms with E-state index in [0.717, 1.165) is 0 Å². The average molecular weight is 286 g/mol. The topological polar surface area (TPSA) is 54.8 Å². The lowest BCUT2D eigenvalue weighted by Crippen LogP contribution is -2.08. The number of carbonyl (C=O) groups excluding carboxylic acids is 1. The number of halogens is 1. The molecule has 0 aliphatic heterocycles. The Kier molecular flexibility index (Phi) is 4.42. The summed E-state index contributed by atoms with van der Waals surface area (Å²) in [6.07, 6.45) is 3.15. The Morgan fingerprint density at radius 1 is 1.62 bits per heavy atom. The summed E-state index contributed by atoms with van der Waals surface area (Å²) in [5.41, 5.74) is 0.329. The lowest BCUT2D eigenvalue weighted by atomic mass is 10.2. The largest absolute Gasteiger partial charge is 0.465 e. The molecule has 0 bridgehead atoms. The number of hydrogen-bond donors (Lipinski definition) is 0. The molecule has 0 saturated heterocycles. The van der Waals surface area contributed by atoms with Gasteiger partial charge in [-0.25, -0.2) is 14.8 Å². The van der Waals surface area contributed by atoms with Crippen LogP contribution in [0.1, 0.15) is 10.4 Å². The number of aromatic nitrogens is 1. The molecule has 0 aromatic carbocycles. The molecule has 1 aromatic rings. The quantitative estimate of drug-likeness (QED) is 0.483. The molecule has 0 atom stereocenters. The molecule has 1 rings (SSSR count). The van der Waals surface area contributed by atoms with Gasteiger partial charge in [0.15, 0.2) is 5.82 Å². The third kappa shape index (κ3) is 3.30. The van der Waals surface area contributed by atoms with Gasteiger partial charge in [-0.1, -0.05) is 0 Å². The van der Waals surface area contributed by atoms with Gasteiger partial charge in [-0.3, -0.25) is 0 Å². The van der Waals surface area contributed by atoms with Crippen molar-refractivity contribution in [1.82, 2.24) is 9.88 Å². The zero-order valence-electron chi connectivity index (χ0n) is 9.27. The molecule has 0 amide bonds. The van der Waals surface area contributed by atoms with Crippen LogP contribution in [0.25, 0.3) is 0 Å². The lowest BCUT2D eigenvalue weighted by molar-refractivity contribution is 0.0601. The standard InChI is InChI=1S/C10H12BrN3O2/c1-14(2)6-13-9-8(10(15)16-3)4-7(11)5-12-9/h4-6H,1-3H3/b13-6+. The van der Waals surface area contributed by atoms with Crippen LogP contribution in [-0.2, 0) is 4.74 Å². The zero-order valence-corrected chi connectivity index (χ0v) is 10.9. The molecule has 0 radical (unpaired) electrons. The average Bonchev–Trinajstić information content (AvgIpc) is 2.26. The minimum atomic E-state index is -0.459. The Morgan fingerprint density at radius 2 is 2.31 bits per heavy atom. The maximum Gasteiger partial charge on any atom is 0.341 e. The highest BCUT2D eigenvalue weighted by Crippen LogP contribution is 2.20. The number of pyridine rings is 1. The second-order valence-electron chi connectivity index (χ2n) is 3.22. The minimum absolute atomic E-state index is 0.329. The highest BCUT2D eigenvalue weighted by atomic mass is 79.9. The van der Waals surface area contributed by atoms with E-state index in [1.54, 1.807) is 23.5 Å². The van der Waals surface area contributed by atoms with Crippen molar-refractivity contribution in [2.24, 2.45) is 4.99 Å². The van der Waals surface area contributed by atoms with E-state index >= 15 is 0 Å². The van der Waals surface area contributed by atoms with Crippen LogP contribution in [0.4, 0.5) is 5.82 Å². The predicted octanol–water partition coefficient (Wildman–Crippen LogP) is 1.85. The maximum absolute atomic E-state index is 11.5. The molecule has 1 heterocycles. The van der Waals surface area contributed by atoms with Crippen molar-refractivity contribution in [3.05, 3.63) is 22.3 Å². The monoisotopic (exact) mass is 285 g/mol. The summed E-state index contributed by atoms with van der Waals surface area (Å²) in [6, 6.07) is 1.63. The summed E-state index contributed by atoms with van der Waals surface area (Å²) in [7, 11) is 4.99. The lowest BCUT2D eigenvalue weighted by Gasteiger charge is -2.05. The molecule has 0 unspecified atom stereocenters. The molecular formula is C10H12BrN3O2. The molecule has 1 aromatic heterocycles. The molecule has 16 heavy (non-hydrogen) atoms. The van der Waals surface area contributed by atoms with Crippen LogP contribution in [0.15, 0.2) is 21.7 Å². The Morgan fingerprint density at radius 3 is 2.88 bits per heavy atom. The summed E-state index contributed by atoms with van der Waals surface area (Å²) in [6.45, 7) is 0. The Bertz CT molecular complexity index is 419. The summed E-state index contributed by atoms with van der Waals surface area (Å²) in [4.78, 5) is 21.3. The van der Waals surface area contributed by atoms with E-state index in [-0.39, 0.29) is 0 Å². The highest BCUT2D eigenvalue weighted by molar-refractivity contribution is 9.10. The van der Waals surface area contributed by atoms with E-state index in [1.165, 1.54) is 7.11 Å². The molecule has 0 fully saturated rings. The first-order valence-corrected chi connectivity index (χ1v) is 5.28. The van der Waals surface area contributed by atoms with Gasteiger partial charge < -0.3 is 9.64 Å². The normalized spacial score (nSPS) is 10.5. The van der Waals surface area contributed by atoms with Crippen molar-refractivity contribution >= 4 is 34.1 Å². The number of hydrogen-bond acceptors (Lipinski definition) is 4. The number of esters is 1. The maximum atomic E-state index is 11.5. The van der Waals surface area contributed by atoms with Crippen molar-refractivity contribution in [3.63, 3.8) is 0 Å². The van der Waals surface area contributed by atoms with Crippen molar-refractivity contribution in [2.75, 3.05) is 21.2 Å². The number of methoxy groups -OCH3 is 1. The van der Waals surface area contributed by atoms with E-state index in [4.69, 9.17) is 0 Å². The molecule has 5 nitrogen and oxygen atoms in total. The van der Waals surface area contributed by atoms with Gasteiger partial charge in [0.05, 0.1) is 13.4 Å². The van der Waals surface area contributed by atoms with E-state index in [9.17, 15) is 4.79 Å². The summed E-state index contributed by atoms with van der Waals surface area (Å²) in [5, 5.41) is 0. The number of carbonyl (C=O) groups is 1. The Balaban J connectivity index is 3.12. The molecule has 0 spiro atoms. The molecule has 0 aliphatic carbocycles. The van der Waals surface area contributed by atoms with E-state index < -0.39 is 5.97 Å². The zero-order chi connectivity index (χ0) is 12.1. The number of ether oxygens (including phenoxy) is 1. The van der Waals surface area contributed by atoms with E-state index in [1.807, 2.05) is 14.1 Å². The number of aliphatic imine (C=N–C) groups is 1. The summed E-state index contributed by atoms with van der Waals surface area (Å²) in [5.74, 6) is -0.122. The highest BCUT2D eigenvalue weighted by Gasteiger charge is 2.12. The van der Waals surface area contributed by atoms with Gasteiger partial charge in [0.25, 0.3) is 0 Å². The molecule has 6 heteroatoms. The first-order valence-electron chi connectivity index (χ1n) is 4.49. The number of rotatable bonds is 3. The van der Waals surface area contributed by atoms with Gasteiger partial charge in [0.2, 0.25) is 0 Å². The van der Waals surface area contributed by atoms with Crippen molar-refractivity contribution < 1.29 is 9.53 Å². The summed E-state index contributed by atoms with van der Waals surface area (Å²) >= 11 is 3.24. The fourth-order valence-electron chi connectivity index (χ4n) is 0.965. The number of nitrogens with zero attached hydrogens (tertiary/aromatic N) is 3. The van der Waals surface area contributed by atoms with Crippen LogP contribution in [0.3, 0.4) is 0 Å². The third-order valence-corrected chi connectivity index (χ3v) is 2.08. The van der Waals surface area contributed by atoms with Gasteiger partial charge >= 0.3 is 5.97 Å². The molecule has 86 valence electrons. The molecule has 0 aliphatic rings. The van der Waals surface area contributed by atoms with Crippen LogP contribution >= 0.6 is 15.9 Å². The third-order valence-electron chi connectivity index (χ3n) is 1.65. The fourth-order valence-corrected chi connectivity index (χ4v) is 1.30. The fraction of sp³-hybridized carbons (Fsp3) is 0.300. The van der Waals surface area contributed by atoms with Gasteiger partial charge in [-0.05, 0) is 22.0 Å². The Hall–Kier alpha value is -1.43. The van der Waals surface area contributed by atoms with Crippen LogP contribution in [0.2, 0.25) is 0 Å². The Labute approximate surface area is 102 Å². The second-order valence-corrected chi connectivity index (χ2v) is 4.14. The summed E-state index contributed by atoms with van der Waals surface area (Å²) < 4.78 is 5.36. The smallest absolute Gasteiger partial charge is 0.341 e. The van der Waals surface area contributed by atoms with Gasteiger partial charge in [0.1, 0.15) is 5.56 Å². The van der Waals surface area contributed by atoms with Gasteiger partial charge in [-0.2, -0.15) is 0 Å². The predicted molar refractivity (Wildman–Crippen MR) is 65.1 cm³/mol. The van der Waals surface area contributed by atoms with Crippen LogP contribution in [0.5, 0.6) is 0 Å². The van der Waals surface area contributed by atoms with E-state index in [2.05, 4.69) is 30.6 Å². The van der Waals surface area contributed by atoms with Gasteiger partial charge in [0, 0.05) is 24.8 Å². The van der Waals surface area contributed by atoms with Crippen molar-refractivity contribution in [1.29, 1.82) is 0 Å². The van der Waals surface area contributed by atoms with Crippen LogP contribution in [0, 0.1) is 0 Å². The van der Waals surface area contributed by atoms with Crippen molar-refractivity contribution in [3.8, 4) is 0 Å².